The molecule has 0 bridgehead atoms. The Kier molecular flexibility index (Phi) is 12.4. The molecule has 5 amide bonds. The zero-order valence-electron chi connectivity index (χ0n) is 34.8. The summed E-state index contributed by atoms with van der Waals surface area (Å²) >= 11 is 0. The number of nitrogens with zero attached hydrogens (tertiary/aromatic N) is 8. The van der Waals surface area contributed by atoms with E-state index < -0.39 is 47.7 Å². The highest BCUT2D eigenvalue weighted by molar-refractivity contribution is 6.24. The minimum atomic E-state index is -2.87. The molecule has 1 aromatic carbocycles. The van der Waals surface area contributed by atoms with Gasteiger partial charge in [0.2, 0.25) is 11.8 Å². The molecule has 0 radical (unpaired) electrons. The van der Waals surface area contributed by atoms with Gasteiger partial charge < -0.3 is 29.3 Å². The Morgan fingerprint density at radius 2 is 1.75 bits per heavy atom. The molecule has 1 atom stereocenters. The van der Waals surface area contributed by atoms with E-state index >= 15 is 0 Å². The van der Waals surface area contributed by atoms with Crippen molar-refractivity contribution >= 4 is 46.7 Å². The zero-order chi connectivity index (χ0) is 43.6. The lowest BCUT2D eigenvalue weighted by atomic mass is 9.85. The van der Waals surface area contributed by atoms with Gasteiger partial charge in [0.25, 0.3) is 24.1 Å². The Morgan fingerprint density at radius 3 is 2.51 bits per heavy atom. The molecular formula is C43H50F2N10O8. The highest BCUT2D eigenvalue weighted by atomic mass is 19.3. The quantitative estimate of drug-likeness (QED) is 0.136. The number of benzene rings is 1. The first-order chi connectivity index (χ1) is 30.6. The fourth-order valence-corrected chi connectivity index (χ4v) is 9.34. The number of halogens is 2. The average Bonchev–Trinajstić information content (AvgIpc) is 3.99. The Morgan fingerprint density at radius 1 is 0.952 bits per heavy atom. The second-order valence-corrected chi connectivity index (χ2v) is 16.7. The number of fused-ring (bicyclic) bond motifs is 2. The minimum absolute atomic E-state index is 0.0213. The highest BCUT2D eigenvalue weighted by Gasteiger charge is 2.46. The van der Waals surface area contributed by atoms with Crippen LogP contribution in [0.25, 0.3) is 5.65 Å². The lowest BCUT2D eigenvalue weighted by Gasteiger charge is -2.36. The number of piperidine rings is 2. The van der Waals surface area contributed by atoms with Crippen LogP contribution in [0.1, 0.15) is 107 Å². The molecule has 63 heavy (non-hydrogen) atoms. The molecule has 1 unspecified atom stereocenters. The monoisotopic (exact) mass is 872 g/mol. The van der Waals surface area contributed by atoms with Crippen LogP contribution in [0.15, 0.2) is 42.9 Å². The summed E-state index contributed by atoms with van der Waals surface area (Å²) in [7, 11) is 0. The van der Waals surface area contributed by atoms with E-state index in [9.17, 15) is 32.8 Å². The molecular weight excluding hydrogens is 823 g/mol. The summed E-state index contributed by atoms with van der Waals surface area (Å²) in [5.41, 5.74) is 0.325. The zero-order valence-corrected chi connectivity index (χ0v) is 34.8. The van der Waals surface area contributed by atoms with Gasteiger partial charge in [0, 0.05) is 58.0 Å². The molecule has 1 saturated carbocycles. The standard InChI is InChI=1S/C43H50F2N10O8/c44-38(45)37-31(47-40(57)30-23-46-53-16-13-34(48-39(30)53)52-17-21-61-22-18-52)25-54(50-37)27-7-5-26(6-8-27)24-51-14-11-28(12-15-51)62-19-2-20-63-33-4-1-3-29-36(33)43(60)55(42(29)59)32-9-10-35(56)49-41(32)58/h1,3-4,13,16,23,25-28,32,38H,2,5-12,14-15,17-22,24H2,(H,47,57)(H,49,56,58)/t26-,27-,32?. The lowest BCUT2D eigenvalue weighted by Crippen LogP contribution is -2.54. The van der Waals surface area contributed by atoms with Crippen molar-refractivity contribution < 1.29 is 47.0 Å². The second kappa shape index (κ2) is 18.5. The van der Waals surface area contributed by atoms with Crippen LogP contribution in [-0.4, -0.2) is 135 Å². The van der Waals surface area contributed by atoms with E-state index in [1.807, 2.05) is 6.07 Å². The van der Waals surface area contributed by atoms with Gasteiger partial charge in [-0.05, 0) is 69.1 Å². The largest absolute Gasteiger partial charge is 0.493 e. The minimum Gasteiger partial charge on any atom is -0.493 e. The van der Waals surface area contributed by atoms with Gasteiger partial charge in [-0.3, -0.25) is 38.9 Å². The van der Waals surface area contributed by atoms with Crippen LogP contribution in [0.3, 0.4) is 0 Å². The van der Waals surface area contributed by atoms with Crippen LogP contribution in [0.5, 0.6) is 5.75 Å². The fourth-order valence-electron chi connectivity index (χ4n) is 9.34. The maximum absolute atomic E-state index is 14.2. The van der Waals surface area contributed by atoms with Gasteiger partial charge in [-0.2, -0.15) is 10.2 Å². The summed E-state index contributed by atoms with van der Waals surface area (Å²) in [6, 6.07) is 5.53. The number of aromatic nitrogens is 5. The summed E-state index contributed by atoms with van der Waals surface area (Å²) in [6.45, 7) is 6.02. The predicted octanol–water partition coefficient (Wildman–Crippen LogP) is 4.03. The average molecular weight is 873 g/mol. The molecule has 3 saturated heterocycles. The maximum Gasteiger partial charge on any atom is 0.284 e. The van der Waals surface area contributed by atoms with E-state index in [1.165, 1.54) is 23.0 Å². The molecule has 18 nitrogen and oxygen atoms in total. The van der Waals surface area contributed by atoms with Gasteiger partial charge in [-0.1, -0.05) is 6.07 Å². The van der Waals surface area contributed by atoms with E-state index in [0.29, 0.717) is 56.7 Å². The van der Waals surface area contributed by atoms with E-state index in [1.54, 1.807) is 23.0 Å². The van der Waals surface area contributed by atoms with Crippen LogP contribution in [0.4, 0.5) is 20.3 Å². The SMILES string of the molecule is O=C1CCC(N2C(=O)c3cccc(OCCCOC4CCN(C[C@H]5CC[C@H](n6cc(NC(=O)c7cnn8ccc(N9CCOCC9)nc78)c(C(F)F)n6)CC5)CC4)c3C2=O)C(=O)N1. The molecule has 0 spiro atoms. The second-order valence-electron chi connectivity index (χ2n) is 16.7. The first-order valence-electron chi connectivity index (χ1n) is 21.8. The number of rotatable bonds is 14. The summed E-state index contributed by atoms with van der Waals surface area (Å²) in [4.78, 5) is 74.0. The molecule has 9 rings (SSSR count). The molecule has 20 heteroatoms. The molecule has 4 aromatic rings. The third-order valence-corrected chi connectivity index (χ3v) is 12.7. The van der Waals surface area contributed by atoms with Gasteiger partial charge in [0.15, 0.2) is 11.3 Å². The first kappa shape index (κ1) is 42.4. The number of amides is 5. The van der Waals surface area contributed by atoms with Crippen LogP contribution in [0.2, 0.25) is 0 Å². The lowest BCUT2D eigenvalue weighted by molar-refractivity contribution is -0.136. The number of likely N-dealkylation sites (tertiary alicyclic amines) is 1. The fraction of sp³-hybridized carbons (Fsp3) is 0.535. The summed E-state index contributed by atoms with van der Waals surface area (Å²) in [5, 5.41) is 13.4. The maximum atomic E-state index is 14.2. The number of ether oxygens (including phenoxy) is 3. The number of morpholine rings is 1. The molecule has 334 valence electrons. The van der Waals surface area contributed by atoms with Gasteiger partial charge in [-0.15, -0.1) is 0 Å². The van der Waals surface area contributed by atoms with E-state index in [0.717, 1.165) is 63.1 Å². The molecule has 5 aliphatic rings. The first-order valence-corrected chi connectivity index (χ1v) is 21.8. The van der Waals surface area contributed by atoms with Crippen LogP contribution < -0.4 is 20.3 Å². The number of hydrogen-bond acceptors (Lipinski definition) is 13. The van der Waals surface area contributed by atoms with Crippen molar-refractivity contribution in [1.29, 1.82) is 0 Å². The van der Waals surface area contributed by atoms with Crippen molar-refractivity contribution in [2.45, 2.75) is 82.4 Å². The molecule has 4 fully saturated rings. The smallest absolute Gasteiger partial charge is 0.284 e. The van der Waals surface area contributed by atoms with Crippen molar-refractivity contribution in [1.82, 2.24) is 39.5 Å². The van der Waals surface area contributed by atoms with Gasteiger partial charge in [0.05, 0.1) is 61.6 Å². The van der Waals surface area contributed by atoms with Gasteiger partial charge in [0.1, 0.15) is 23.2 Å². The van der Waals surface area contributed by atoms with Crippen molar-refractivity contribution in [3.63, 3.8) is 0 Å². The summed E-state index contributed by atoms with van der Waals surface area (Å²) in [5.74, 6) is -1.42. The topological polar surface area (TPSA) is 195 Å². The number of imide groups is 2. The van der Waals surface area contributed by atoms with Crippen LogP contribution in [0, 0.1) is 5.92 Å². The Hall–Kier alpha value is -5.86. The number of carbonyl (C=O) groups is 5. The molecule has 4 aliphatic heterocycles. The van der Waals surface area contributed by atoms with Crippen molar-refractivity contribution in [3.8, 4) is 5.75 Å². The van der Waals surface area contributed by atoms with Crippen molar-refractivity contribution in [2.24, 2.45) is 5.92 Å². The van der Waals surface area contributed by atoms with Gasteiger partial charge in [-0.25, -0.2) is 18.3 Å². The Labute approximate surface area is 361 Å². The normalized spacial score (nSPS) is 22.6. The summed E-state index contributed by atoms with van der Waals surface area (Å²) in [6.07, 6.45) is 7.84. The number of alkyl halides is 2. The van der Waals surface area contributed by atoms with E-state index in [2.05, 4.69) is 35.6 Å². The molecule has 3 aromatic heterocycles. The highest BCUT2D eigenvalue weighted by Crippen LogP contribution is 2.37. The van der Waals surface area contributed by atoms with Crippen LogP contribution >= 0.6 is 0 Å². The number of carbonyl (C=O) groups excluding carboxylic acids is 5. The Bertz CT molecular complexity index is 2370. The number of nitrogens with one attached hydrogen (secondary N) is 2. The molecule has 7 heterocycles. The van der Waals surface area contributed by atoms with E-state index in [-0.39, 0.29) is 59.7 Å². The third-order valence-electron chi connectivity index (χ3n) is 12.7. The number of anilines is 2. The summed E-state index contributed by atoms with van der Waals surface area (Å²) < 4.78 is 49.1. The van der Waals surface area contributed by atoms with Crippen molar-refractivity contribution in [2.75, 3.05) is 69.4 Å². The van der Waals surface area contributed by atoms with E-state index in [4.69, 9.17) is 14.2 Å². The molecule has 2 N–H and O–H groups in total. The predicted molar refractivity (Wildman–Crippen MR) is 221 cm³/mol. The van der Waals surface area contributed by atoms with Crippen molar-refractivity contribution in [3.05, 3.63) is 65.2 Å². The van der Waals surface area contributed by atoms with Crippen LogP contribution in [-0.2, 0) is 19.1 Å². The van der Waals surface area contributed by atoms with Gasteiger partial charge >= 0.3 is 0 Å². The third kappa shape index (κ3) is 9.01. The number of hydrogen-bond donors (Lipinski definition) is 2. The molecule has 1 aliphatic carbocycles. The Balaban J connectivity index is 0.702.